The van der Waals surface area contributed by atoms with Crippen LogP contribution < -0.4 is 0 Å². The average Bonchev–Trinajstić information content (AvgIpc) is 2.03. The normalized spacial score (nSPS) is 14.3. The summed E-state index contributed by atoms with van der Waals surface area (Å²) >= 11 is 0. The molecule has 0 fully saturated rings. The van der Waals surface area contributed by atoms with Gasteiger partial charge in [-0.1, -0.05) is 26.6 Å². The zero-order valence-electron chi connectivity index (χ0n) is 8.33. The molecule has 0 aromatic carbocycles. The lowest BCUT2D eigenvalue weighted by Crippen LogP contribution is -2.28. The van der Waals surface area contributed by atoms with Crippen molar-refractivity contribution in [1.82, 2.24) is 4.98 Å². The highest BCUT2D eigenvalue weighted by Gasteiger charge is 2.23. The van der Waals surface area contributed by atoms with E-state index in [1.54, 1.807) is 0 Å². The van der Waals surface area contributed by atoms with Gasteiger partial charge < -0.3 is 0 Å². The van der Waals surface area contributed by atoms with Crippen LogP contribution in [0.3, 0.4) is 0 Å². The van der Waals surface area contributed by atoms with Gasteiger partial charge in [0.15, 0.2) is 0 Å². The number of rotatable bonds is 2. The third-order valence-corrected chi connectivity index (χ3v) is 5.44. The summed E-state index contributed by atoms with van der Waals surface area (Å²) in [6.07, 6.45) is 3.76. The molecule has 0 aliphatic heterocycles. The fraction of sp³-hybridized carbons (Fsp3) is 0.500. The highest BCUT2D eigenvalue weighted by atomic mass is 28.3. The summed E-state index contributed by atoms with van der Waals surface area (Å²) in [6, 6.07) is 4.26. The van der Waals surface area contributed by atoms with Gasteiger partial charge in [0, 0.05) is 12.4 Å². The summed E-state index contributed by atoms with van der Waals surface area (Å²) in [5.41, 5.74) is 2.16. The van der Waals surface area contributed by atoms with Gasteiger partial charge in [0.05, 0.1) is 8.07 Å². The largest absolute Gasteiger partial charge is 0.265 e. The molecule has 0 amide bonds. The minimum atomic E-state index is -1.03. The Morgan fingerprint density at radius 1 is 1.17 bits per heavy atom. The molecule has 0 spiro atoms. The molecule has 1 heterocycles. The highest BCUT2D eigenvalue weighted by Crippen LogP contribution is 2.25. The number of pyridine rings is 1. The fourth-order valence-electron chi connectivity index (χ4n) is 1.15. The second kappa shape index (κ2) is 3.40. The van der Waals surface area contributed by atoms with Crippen molar-refractivity contribution in [2.24, 2.45) is 0 Å². The maximum Gasteiger partial charge on any atom is 0.0518 e. The van der Waals surface area contributed by atoms with Crippen LogP contribution in [0.25, 0.3) is 0 Å². The van der Waals surface area contributed by atoms with Gasteiger partial charge in [-0.3, -0.25) is 4.98 Å². The minimum absolute atomic E-state index is 0.723. The zero-order valence-corrected chi connectivity index (χ0v) is 9.33. The maximum absolute atomic E-state index is 4.03. The molecule has 2 heteroatoms. The Bertz CT molecular complexity index is 238. The van der Waals surface area contributed by atoms with E-state index in [0.717, 1.165) is 5.54 Å². The Labute approximate surface area is 75.9 Å². The van der Waals surface area contributed by atoms with E-state index < -0.39 is 8.07 Å². The molecule has 0 saturated carbocycles. The first-order chi connectivity index (χ1) is 5.52. The molecule has 1 aromatic heterocycles. The minimum Gasteiger partial charge on any atom is -0.265 e. The first kappa shape index (κ1) is 9.45. The molecule has 1 rings (SSSR count). The topological polar surface area (TPSA) is 12.9 Å². The van der Waals surface area contributed by atoms with Gasteiger partial charge in [0.1, 0.15) is 0 Å². The second-order valence-corrected chi connectivity index (χ2v) is 9.97. The number of nitrogens with zero attached hydrogens (tertiary/aromatic N) is 1. The summed E-state index contributed by atoms with van der Waals surface area (Å²) in [5, 5.41) is 0. The van der Waals surface area contributed by atoms with Gasteiger partial charge in [-0.2, -0.15) is 0 Å². The SMILES string of the molecule is CC(c1ccncc1)[Si](C)(C)C. The molecule has 1 atom stereocenters. The van der Waals surface area contributed by atoms with Crippen LogP contribution in [0.1, 0.15) is 18.0 Å². The van der Waals surface area contributed by atoms with Gasteiger partial charge in [0.25, 0.3) is 0 Å². The van der Waals surface area contributed by atoms with Crippen LogP contribution >= 0.6 is 0 Å². The first-order valence-electron chi connectivity index (χ1n) is 4.42. The van der Waals surface area contributed by atoms with E-state index in [9.17, 15) is 0 Å². The number of hydrogen-bond acceptors (Lipinski definition) is 1. The van der Waals surface area contributed by atoms with E-state index in [2.05, 4.69) is 43.7 Å². The van der Waals surface area contributed by atoms with Crippen LogP contribution in [0.15, 0.2) is 24.5 Å². The van der Waals surface area contributed by atoms with Crippen LogP contribution in [0.2, 0.25) is 19.6 Å². The zero-order chi connectivity index (χ0) is 9.19. The summed E-state index contributed by atoms with van der Waals surface area (Å²) in [7, 11) is -1.03. The lowest BCUT2D eigenvalue weighted by Gasteiger charge is -2.25. The third kappa shape index (κ3) is 2.17. The van der Waals surface area contributed by atoms with Crippen LogP contribution in [-0.4, -0.2) is 13.1 Å². The monoisotopic (exact) mass is 179 g/mol. The number of hydrogen-bond donors (Lipinski definition) is 0. The molecule has 0 saturated heterocycles. The Morgan fingerprint density at radius 2 is 1.67 bits per heavy atom. The van der Waals surface area contributed by atoms with E-state index >= 15 is 0 Å². The predicted molar refractivity (Wildman–Crippen MR) is 56.0 cm³/mol. The average molecular weight is 179 g/mol. The van der Waals surface area contributed by atoms with Gasteiger partial charge in [-0.25, -0.2) is 0 Å². The molecule has 12 heavy (non-hydrogen) atoms. The quantitative estimate of drug-likeness (QED) is 0.636. The molecule has 0 aliphatic rings. The summed E-state index contributed by atoms with van der Waals surface area (Å²) in [4.78, 5) is 4.03. The molecule has 0 bridgehead atoms. The van der Waals surface area contributed by atoms with E-state index in [0.29, 0.717) is 0 Å². The predicted octanol–water partition coefficient (Wildman–Crippen LogP) is 3.06. The molecular formula is C10H17NSi. The first-order valence-corrected chi connectivity index (χ1v) is 7.99. The Balaban J connectivity index is 2.86. The number of aromatic nitrogens is 1. The summed E-state index contributed by atoms with van der Waals surface area (Å²) < 4.78 is 0. The van der Waals surface area contributed by atoms with Crippen molar-refractivity contribution >= 4 is 8.07 Å². The van der Waals surface area contributed by atoms with E-state index in [1.165, 1.54) is 5.56 Å². The molecular weight excluding hydrogens is 162 g/mol. The highest BCUT2D eigenvalue weighted by molar-refractivity contribution is 6.77. The van der Waals surface area contributed by atoms with Gasteiger partial charge in [-0.05, 0) is 23.2 Å². The van der Waals surface area contributed by atoms with Crippen molar-refractivity contribution in [1.29, 1.82) is 0 Å². The van der Waals surface area contributed by atoms with E-state index in [4.69, 9.17) is 0 Å². The molecule has 1 aromatic rings. The van der Waals surface area contributed by atoms with Gasteiger partial charge >= 0.3 is 0 Å². The second-order valence-electron chi connectivity index (χ2n) is 4.37. The molecule has 66 valence electrons. The van der Waals surface area contributed by atoms with Crippen LogP contribution in [0.4, 0.5) is 0 Å². The van der Waals surface area contributed by atoms with Crippen LogP contribution in [-0.2, 0) is 0 Å². The molecule has 0 N–H and O–H groups in total. The van der Waals surface area contributed by atoms with Crippen molar-refractivity contribution in [3.63, 3.8) is 0 Å². The molecule has 1 nitrogen and oxygen atoms in total. The fourth-order valence-corrected chi connectivity index (χ4v) is 2.34. The third-order valence-electron chi connectivity index (χ3n) is 2.51. The van der Waals surface area contributed by atoms with E-state index in [1.807, 2.05) is 12.4 Å². The standard InChI is InChI=1S/C10H17NSi/c1-9(12(2,3)4)10-5-7-11-8-6-10/h5-9H,1-4H3. The van der Waals surface area contributed by atoms with Crippen LogP contribution in [0, 0.1) is 0 Å². The molecule has 1 unspecified atom stereocenters. The Hall–Kier alpha value is -0.633. The Morgan fingerprint density at radius 3 is 2.08 bits per heavy atom. The van der Waals surface area contributed by atoms with Crippen molar-refractivity contribution < 1.29 is 0 Å². The van der Waals surface area contributed by atoms with Crippen molar-refractivity contribution in [2.45, 2.75) is 32.1 Å². The van der Waals surface area contributed by atoms with Crippen LogP contribution in [0.5, 0.6) is 0 Å². The Kier molecular flexibility index (Phi) is 2.68. The lowest BCUT2D eigenvalue weighted by atomic mass is 10.2. The maximum atomic E-state index is 4.03. The smallest absolute Gasteiger partial charge is 0.0518 e. The van der Waals surface area contributed by atoms with Crippen molar-refractivity contribution in [3.8, 4) is 0 Å². The van der Waals surface area contributed by atoms with Gasteiger partial charge in [0.2, 0.25) is 0 Å². The summed E-state index contributed by atoms with van der Waals surface area (Å²) in [5.74, 6) is 0. The van der Waals surface area contributed by atoms with E-state index in [-0.39, 0.29) is 0 Å². The lowest BCUT2D eigenvalue weighted by molar-refractivity contribution is 1.01. The van der Waals surface area contributed by atoms with Crippen molar-refractivity contribution in [2.75, 3.05) is 0 Å². The summed E-state index contributed by atoms with van der Waals surface area (Å²) in [6.45, 7) is 9.52. The molecule has 0 radical (unpaired) electrons. The van der Waals surface area contributed by atoms with Gasteiger partial charge in [-0.15, -0.1) is 0 Å². The van der Waals surface area contributed by atoms with Crippen molar-refractivity contribution in [3.05, 3.63) is 30.1 Å². The molecule has 0 aliphatic carbocycles.